The molecule has 2 heteroatoms. The molecule has 2 N–H and O–H groups in total. The highest BCUT2D eigenvalue weighted by Gasteiger charge is 2.23. The molecule has 0 aliphatic carbocycles. The fourth-order valence-electron chi connectivity index (χ4n) is 2.12. The number of hydrogen-bond donors (Lipinski definition) is 2. The third kappa shape index (κ3) is 3.83. The second-order valence-electron chi connectivity index (χ2n) is 5.32. The molecule has 0 amide bonds. The molecule has 0 aliphatic heterocycles. The van der Waals surface area contributed by atoms with Crippen LogP contribution in [0.3, 0.4) is 0 Å². The SMILES string of the molecule is CCNC(C)(CO)c1ccc(CC(C)C)cc1. The maximum absolute atomic E-state index is 9.52. The van der Waals surface area contributed by atoms with E-state index in [2.05, 4.69) is 50.4 Å². The Labute approximate surface area is 105 Å². The maximum atomic E-state index is 9.52. The quantitative estimate of drug-likeness (QED) is 0.794. The van der Waals surface area contributed by atoms with E-state index < -0.39 is 0 Å². The first kappa shape index (κ1) is 14.2. The van der Waals surface area contributed by atoms with Crippen LogP contribution in [0.2, 0.25) is 0 Å². The standard InChI is InChI=1S/C15H25NO/c1-5-16-15(4,11-17)14-8-6-13(7-9-14)10-12(2)3/h6-9,12,16-17H,5,10-11H2,1-4H3. The van der Waals surface area contributed by atoms with Crippen LogP contribution in [-0.4, -0.2) is 18.3 Å². The molecule has 1 rings (SSSR count). The van der Waals surface area contributed by atoms with Crippen molar-refractivity contribution < 1.29 is 5.11 Å². The summed E-state index contributed by atoms with van der Waals surface area (Å²) in [6.07, 6.45) is 1.11. The Morgan fingerprint density at radius 3 is 2.24 bits per heavy atom. The minimum Gasteiger partial charge on any atom is -0.394 e. The van der Waals surface area contributed by atoms with Crippen molar-refractivity contribution in [1.82, 2.24) is 5.32 Å². The molecule has 0 radical (unpaired) electrons. The molecule has 0 saturated heterocycles. The van der Waals surface area contributed by atoms with Gasteiger partial charge in [0.2, 0.25) is 0 Å². The summed E-state index contributed by atoms with van der Waals surface area (Å²) in [6.45, 7) is 9.51. The molecular weight excluding hydrogens is 210 g/mol. The number of nitrogens with one attached hydrogen (secondary N) is 1. The average Bonchev–Trinajstić information content (AvgIpc) is 2.29. The van der Waals surface area contributed by atoms with Crippen LogP contribution in [0.25, 0.3) is 0 Å². The largest absolute Gasteiger partial charge is 0.394 e. The Morgan fingerprint density at radius 1 is 1.24 bits per heavy atom. The Hall–Kier alpha value is -0.860. The van der Waals surface area contributed by atoms with Gasteiger partial charge >= 0.3 is 0 Å². The van der Waals surface area contributed by atoms with Gasteiger partial charge in [0.25, 0.3) is 0 Å². The highest BCUT2D eigenvalue weighted by molar-refractivity contribution is 5.28. The van der Waals surface area contributed by atoms with Crippen LogP contribution < -0.4 is 5.32 Å². The van der Waals surface area contributed by atoms with Crippen LogP contribution in [0, 0.1) is 5.92 Å². The highest BCUT2D eigenvalue weighted by Crippen LogP contribution is 2.21. The van der Waals surface area contributed by atoms with Crippen LogP contribution in [0.5, 0.6) is 0 Å². The first-order chi connectivity index (χ1) is 8.01. The van der Waals surface area contributed by atoms with Crippen molar-refractivity contribution in [2.24, 2.45) is 5.92 Å². The summed E-state index contributed by atoms with van der Waals surface area (Å²) in [5.74, 6) is 0.679. The van der Waals surface area contributed by atoms with Gasteiger partial charge in [0.05, 0.1) is 12.1 Å². The summed E-state index contributed by atoms with van der Waals surface area (Å²) in [6, 6.07) is 8.58. The van der Waals surface area contributed by atoms with E-state index in [-0.39, 0.29) is 12.1 Å². The number of likely N-dealkylation sites (N-methyl/N-ethyl adjacent to an activating group) is 1. The monoisotopic (exact) mass is 235 g/mol. The van der Waals surface area contributed by atoms with E-state index in [9.17, 15) is 5.11 Å². The summed E-state index contributed by atoms with van der Waals surface area (Å²) in [7, 11) is 0. The maximum Gasteiger partial charge on any atom is 0.0652 e. The first-order valence-corrected chi connectivity index (χ1v) is 6.47. The molecule has 2 nitrogen and oxygen atoms in total. The second kappa shape index (κ2) is 6.18. The summed E-state index contributed by atoms with van der Waals surface area (Å²) >= 11 is 0. The number of rotatable bonds is 6. The minimum absolute atomic E-state index is 0.115. The van der Waals surface area contributed by atoms with Crippen LogP contribution in [0.1, 0.15) is 38.8 Å². The second-order valence-corrected chi connectivity index (χ2v) is 5.32. The number of aliphatic hydroxyl groups is 1. The summed E-state index contributed by atoms with van der Waals surface area (Å²) < 4.78 is 0. The molecule has 1 unspecified atom stereocenters. The lowest BCUT2D eigenvalue weighted by atomic mass is 9.91. The third-order valence-electron chi connectivity index (χ3n) is 3.12. The van der Waals surface area contributed by atoms with Gasteiger partial charge in [0.1, 0.15) is 0 Å². The number of hydrogen-bond acceptors (Lipinski definition) is 2. The fourth-order valence-corrected chi connectivity index (χ4v) is 2.12. The van der Waals surface area contributed by atoms with Crippen LogP contribution in [-0.2, 0) is 12.0 Å². The van der Waals surface area contributed by atoms with E-state index in [1.54, 1.807) is 0 Å². The van der Waals surface area contributed by atoms with Gasteiger partial charge in [-0.2, -0.15) is 0 Å². The van der Waals surface area contributed by atoms with E-state index in [1.807, 2.05) is 6.92 Å². The average molecular weight is 235 g/mol. The van der Waals surface area contributed by atoms with E-state index in [0.29, 0.717) is 5.92 Å². The summed E-state index contributed by atoms with van der Waals surface area (Å²) in [5, 5.41) is 12.9. The summed E-state index contributed by atoms with van der Waals surface area (Å²) in [4.78, 5) is 0. The third-order valence-corrected chi connectivity index (χ3v) is 3.12. The van der Waals surface area contributed by atoms with Gasteiger partial charge in [-0.15, -0.1) is 0 Å². The van der Waals surface area contributed by atoms with Crippen molar-refractivity contribution in [3.05, 3.63) is 35.4 Å². The molecule has 0 fully saturated rings. The molecule has 0 saturated carbocycles. The van der Waals surface area contributed by atoms with Gasteiger partial charge in [-0.25, -0.2) is 0 Å². The summed E-state index contributed by atoms with van der Waals surface area (Å²) in [5.41, 5.74) is 2.18. The fraction of sp³-hybridized carbons (Fsp3) is 0.600. The van der Waals surface area contributed by atoms with Crippen molar-refractivity contribution in [3.8, 4) is 0 Å². The zero-order valence-corrected chi connectivity index (χ0v) is 11.5. The van der Waals surface area contributed by atoms with Crippen molar-refractivity contribution in [2.45, 2.75) is 39.7 Å². The molecule has 0 bridgehead atoms. The number of benzene rings is 1. The lowest BCUT2D eigenvalue weighted by Gasteiger charge is -2.29. The van der Waals surface area contributed by atoms with Gasteiger partial charge in [0, 0.05) is 0 Å². The zero-order valence-electron chi connectivity index (χ0n) is 11.5. The molecular formula is C15H25NO. The van der Waals surface area contributed by atoms with E-state index in [1.165, 1.54) is 5.56 Å². The molecule has 0 heterocycles. The van der Waals surface area contributed by atoms with Gasteiger partial charge in [-0.1, -0.05) is 45.0 Å². The van der Waals surface area contributed by atoms with Crippen molar-refractivity contribution >= 4 is 0 Å². The van der Waals surface area contributed by atoms with Crippen molar-refractivity contribution in [3.63, 3.8) is 0 Å². The highest BCUT2D eigenvalue weighted by atomic mass is 16.3. The molecule has 1 aromatic carbocycles. The van der Waals surface area contributed by atoms with Gasteiger partial charge in [-0.3, -0.25) is 0 Å². The Bertz CT molecular complexity index is 331. The van der Waals surface area contributed by atoms with Crippen LogP contribution in [0.15, 0.2) is 24.3 Å². The lowest BCUT2D eigenvalue weighted by molar-refractivity contribution is 0.177. The van der Waals surface area contributed by atoms with Gasteiger partial charge in [-0.05, 0) is 36.9 Å². The first-order valence-electron chi connectivity index (χ1n) is 6.47. The van der Waals surface area contributed by atoms with Crippen molar-refractivity contribution in [2.75, 3.05) is 13.2 Å². The van der Waals surface area contributed by atoms with E-state index in [4.69, 9.17) is 0 Å². The Morgan fingerprint density at radius 2 is 1.82 bits per heavy atom. The molecule has 1 atom stereocenters. The van der Waals surface area contributed by atoms with E-state index in [0.717, 1.165) is 18.5 Å². The molecule has 17 heavy (non-hydrogen) atoms. The van der Waals surface area contributed by atoms with Gasteiger partial charge in [0.15, 0.2) is 0 Å². The van der Waals surface area contributed by atoms with E-state index >= 15 is 0 Å². The predicted octanol–water partition coefficient (Wildman–Crippen LogP) is 2.70. The normalized spacial score (nSPS) is 14.9. The Kier molecular flexibility index (Phi) is 5.16. The molecule has 96 valence electrons. The van der Waals surface area contributed by atoms with Crippen molar-refractivity contribution in [1.29, 1.82) is 0 Å². The zero-order chi connectivity index (χ0) is 12.9. The topological polar surface area (TPSA) is 32.3 Å². The smallest absolute Gasteiger partial charge is 0.0652 e. The molecule has 0 spiro atoms. The minimum atomic E-state index is -0.328. The van der Waals surface area contributed by atoms with Gasteiger partial charge < -0.3 is 10.4 Å². The van der Waals surface area contributed by atoms with Crippen LogP contribution in [0.4, 0.5) is 0 Å². The van der Waals surface area contributed by atoms with Crippen LogP contribution >= 0.6 is 0 Å². The Balaban J connectivity index is 2.85. The lowest BCUT2D eigenvalue weighted by Crippen LogP contribution is -2.42. The molecule has 0 aromatic heterocycles. The number of aliphatic hydroxyl groups excluding tert-OH is 1. The molecule has 0 aliphatic rings. The molecule has 1 aromatic rings. The predicted molar refractivity (Wildman–Crippen MR) is 73.1 cm³/mol.